The number of alkyl halides is 3. The minimum Gasteiger partial charge on any atom is -0.494 e. The number of hydrogen-bond donors (Lipinski definition) is 1. The summed E-state index contributed by atoms with van der Waals surface area (Å²) >= 11 is 0. The van der Waals surface area contributed by atoms with Crippen molar-refractivity contribution < 1.29 is 35.9 Å². The van der Waals surface area contributed by atoms with E-state index in [2.05, 4.69) is 9.97 Å². The Balaban J connectivity index is 0.00000380. The summed E-state index contributed by atoms with van der Waals surface area (Å²) in [5.41, 5.74) is 6.23. The minimum absolute atomic E-state index is 0. The molecule has 3 aromatic rings. The highest BCUT2D eigenvalue weighted by atomic mass is 35.5. The summed E-state index contributed by atoms with van der Waals surface area (Å²) in [4.78, 5) is 22.0. The number of aromatic nitrogens is 3. The van der Waals surface area contributed by atoms with Crippen LogP contribution in [0, 0.1) is 17.5 Å². The summed E-state index contributed by atoms with van der Waals surface area (Å²) in [5, 5.41) is 0. The topological polar surface area (TPSA) is 86.3 Å². The lowest BCUT2D eigenvalue weighted by atomic mass is 10.0. The van der Waals surface area contributed by atoms with E-state index in [0.29, 0.717) is 12.1 Å². The summed E-state index contributed by atoms with van der Waals surface area (Å²) in [6.07, 6.45) is -2.52. The number of pyridine rings is 1. The van der Waals surface area contributed by atoms with Gasteiger partial charge in [0.05, 0.1) is 31.2 Å². The molecular weight excluding hydrogens is 528 g/mol. The molecule has 0 aliphatic carbocycles. The van der Waals surface area contributed by atoms with Crippen LogP contribution < -0.4 is 10.5 Å². The zero-order valence-corrected chi connectivity index (χ0v) is 20.2. The lowest BCUT2D eigenvalue weighted by molar-refractivity contribution is -0.148. The zero-order valence-electron chi connectivity index (χ0n) is 19.4. The molecule has 4 rings (SSSR count). The molecule has 0 saturated heterocycles. The van der Waals surface area contributed by atoms with Crippen molar-refractivity contribution in [2.75, 3.05) is 13.7 Å². The van der Waals surface area contributed by atoms with Crippen molar-refractivity contribution in [1.82, 2.24) is 19.4 Å². The molecule has 0 spiro atoms. The van der Waals surface area contributed by atoms with E-state index < -0.39 is 41.4 Å². The molecule has 1 aliphatic heterocycles. The van der Waals surface area contributed by atoms with Crippen LogP contribution in [0.2, 0.25) is 0 Å². The molecule has 2 aromatic heterocycles. The quantitative estimate of drug-likeness (QED) is 0.369. The van der Waals surface area contributed by atoms with E-state index in [-0.39, 0.29) is 73.1 Å². The number of rotatable bonds is 6. The van der Waals surface area contributed by atoms with Gasteiger partial charge in [-0.3, -0.25) is 9.78 Å². The SMILES string of the molecule is COc1cnccc1-c1nc(C(F)(F)F)n2c1CN(C(=O)C[C@H](N)Cc1cc(F)c(F)cc1F)CC2.Cl. The third-order valence-electron chi connectivity index (χ3n) is 5.88. The van der Waals surface area contributed by atoms with Crippen molar-refractivity contribution in [3.8, 4) is 17.0 Å². The number of benzene rings is 1. The van der Waals surface area contributed by atoms with Crippen LogP contribution in [0.4, 0.5) is 26.3 Å². The molecule has 3 heterocycles. The molecule has 1 atom stereocenters. The first-order chi connectivity index (χ1) is 17.0. The Morgan fingerprint density at radius 2 is 1.86 bits per heavy atom. The van der Waals surface area contributed by atoms with Gasteiger partial charge in [-0.05, 0) is 24.1 Å². The van der Waals surface area contributed by atoms with E-state index >= 15 is 0 Å². The predicted molar refractivity (Wildman–Crippen MR) is 122 cm³/mol. The van der Waals surface area contributed by atoms with Gasteiger partial charge in [-0.15, -0.1) is 12.4 Å². The van der Waals surface area contributed by atoms with Crippen LogP contribution in [0.1, 0.15) is 23.5 Å². The second kappa shape index (κ2) is 11.0. The summed E-state index contributed by atoms with van der Waals surface area (Å²) in [6.45, 7) is -0.386. The third kappa shape index (κ3) is 5.82. The van der Waals surface area contributed by atoms with Crippen molar-refractivity contribution in [2.24, 2.45) is 5.73 Å². The molecule has 1 aromatic carbocycles. The normalized spacial score (nSPS) is 14.1. The van der Waals surface area contributed by atoms with E-state index in [9.17, 15) is 31.1 Å². The second-order valence-corrected chi connectivity index (χ2v) is 8.30. The smallest absolute Gasteiger partial charge is 0.449 e. The number of fused-ring (bicyclic) bond motifs is 1. The first kappa shape index (κ1) is 28.3. The number of ether oxygens (including phenoxy) is 1. The molecule has 0 bridgehead atoms. The van der Waals surface area contributed by atoms with E-state index in [4.69, 9.17) is 10.5 Å². The minimum atomic E-state index is -4.73. The van der Waals surface area contributed by atoms with Crippen LogP contribution in [-0.2, 0) is 30.5 Å². The van der Waals surface area contributed by atoms with Gasteiger partial charge in [-0.1, -0.05) is 0 Å². The third-order valence-corrected chi connectivity index (χ3v) is 5.88. The number of nitrogens with zero attached hydrogens (tertiary/aromatic N) is 4. The summed E-state index contributed by atoms with van der Waals surface area (Å²) in [6, 6.07) is 1.61. The first-order valence-corrected chi connectivity index (χ1v) is 10.8. The highest BCUT2D eigenvalue weighted by molar-refractivity contribution is 5.85. The number of halogens is 7. The van der Waals surface area contributed by atoms with E-state index in [1.807, 2.05) is 0 Å². The lowest BCUT2D eigenvalue weighted by Gasteiger charge is -2.30. The van der Waals surface area contributed by atoms with Crippen LogP contribution in [0.5, 0.6) is 5.75 Å². The summed E-state index contributed by atoms with van der Waals surface area (Å²) in [7, 11) is 1.35. The molecule has 200 valence electrons. The van der Waals surface area contributed by atoms with Crippen molar-refractivity contribution in [1.29, 1.82) is 0 Å². The van der Waals surface area contributed by atoms with Gasteiger partial charge >= 0.3 is 6.18 Å². The fraction of sp³-hybridized carbons (Fsp3) is 0.348. The Bertz CT molecular complexity index is 1300. The molecular formula is C23H22ClF6N5O2. The van der Waals surface area contributed by atoms with Crippen LogP contribution in [0.3, 0.4) is 0 Å². The Hall–Kier alpha value is -3.32. The van der Waals surface area contributed by atoms with Crippen molar-refractivity contribution in [3.05, 3.63) is 65.1 Å². The van der Waals surface area contributed by atoms with Gasteiger partial charge < -0.3 is 19.9 Å². The molecule has 0 fully saturated rings. The molecule has 0 radical (unpaired) electrons. The maximum absolute atomic E-state index is 13.9. The Morgan fingerprint density at radius 1 is 1.16 bits per heavy atom. The van der Waals surface area contributed by atoms with Gasteiger partial charge in [0.2, 0.25) is 11.7 Å². The predicted octanol–water partition coefficient (Wildman–Crippen LogP) is 4.11. The molecule has 14 heteroatoms. The van der Waals surface area contributed by atoms with E-state index in [1.54, 1.807) is 0 Å². The van der Waals surface area contributed by atoms with Crippen molar-refractivity contribution in [2.45, 2.75) is 38.1 Å². The first-order valence-electron chi connectivity index (χ1n) is 10.8. The fourth-order valence-corrected chi connectivity index (χ4v) is 4.18. The van der Waals surface area contributed by atoms with Crippen LogP contribution in [0.15, 0.2) is 30.6 Å². The van der Waals surface area contributed by atoms with Crippen molar-refractivity contribution >= 4 is 18.3 Å². The zero-order chi connectivity index (χ0) is 26.2. The van der Waals surface area contributed by atoms with Crippen LogP contribution in [-0.4, -0.2) is 45.0 Å². The average molecular weight is 550 g/mol. The maximum atomic E-state index is 13.9. The Labute approximate surface area is 213 Å². The Morgan fingerprint density at radius 3 is 2.54 bits per heavy atom. The number of imidazole rings is 1. The molecule has 1 amide bonds. The highest BCUT2D eigenvalue weighted by Crippen LogP contribution is 2.38. The lowest BCUT2D eigenvalue weighted by Crippen LogP contribution is -2.42. The van der Waals surface area contributed by atoms with E-state index in [1.165, 1.54) is 30.5 Å². The number of carbonyl (C=O) groups excluding carboxylic acids is 1. The second-order valence-electron chi connectivity index (χ2n) is 8.30. The van der Waals surface area contributed by atoms with Crippen LogP contribution >= 0.6 is 12.4 Å². The number of nitrogens with two attached hydrogens (primary N) is 1. The largest absolute Gasteiger partial charge is 0.494 e. The maximum Gasteiger partial charge on any atom is 0.449 e. The van der Waals surface area contributed by atoms with E-state index in [0.717, 1.165) is 4.57 Å². The average Bonchev–Trinajstić information content (AvgIpc) is 3.21. The fourth-order valence-electron chi connectivity index (χ4n) is 4.18. The van der Waals surface area contributed by atoms with Crippen molar-refractivity contribution in [3.63, 3.8) is 0 Å². The summed E-state index contributed by atoms with van der Waals surface area (Å²) in [5.74, 6) is -4.94. The molecule has 37 heavy (non-hydrogen) atoms. The molecule has 2 N–H and O–H groups in total. The highest BCUT2D eigenvalue weighted by Gasteiger charge is 2.41. The number of amides is 1. The monoisotopic (exact) mass is 549 g/mol. The Kier molecular flexibility index (Phi) is 8.38. The molecule has 1 aliphatic rings. The van der Waals surface area contributed by atoms with Gasteiger partial charge in [0, 0.05) is 43.4 Å². The standard InChI is InChI=1S/C23H21F6N5O2.ClH/c1-36-19-10-31-3-2-14(19)21-18-11-33(4-5-34(18)22(32-21)23(27,28)29)20(35)8-13(30)6-12-7-16(25)17(26)9-15(12)24;/h2-3,7,9-10,13H,4-6,8,11,30H2,1H3;1H/t13-;/m1./s1. The van der Waals surface area contributed by atoms with Gasteiger partial charge in [-0.25, -0.2) is 18.2 Å². The van der Waals surface area contributed by atoms with Gasteiger partial charge in [0.15, 0.2) is 11.6 Å². The number of methoxy groups -OCH3 is 1. The molecule has 0 unspecified atom stereocenters. The van der Waals surface area contributed by atoms with Crippen LogP contribution in [0.25, 0.3) is 11.3 Å². The summed E-state index contributed by atoms with van der Waals surface area (Å²) < 4.78 is 87.9. The molecule has 0 saturated carbocycles. The van der Waals surface area contributed by atoms with Gasteiger partial charge in [0.1, 0.15) is 11.6 Å². The number of hydrogen-bond acceptors (Lipinski definition) is 5. The number of carbonyl (C=O) groups is 1. The van der Waals surface area contributed by atoms with Gasteiger partial charge in [0.25, 0.3) is 0 Å². The molecule has 7 nitrogen and oxygen atoms in total. The van der Waals surface area contributed by atoms with Gasteiger partial charge in [-0.2, -0.15) is 13.2 Å².